The highest BCUT2D eigenvalue weighted by Gasteiger charge is 2.09. The van der Waals surface area contributed by atoms with E-state index >= 15 is 0 Å². The maximum absolute atomic E-state index is 12.8. The molecule has 0 spiro atoms. The van der Waals surface area contributed by atoms with Crippen LogP contribution < -0.4 is 0 Å². The fourth-order valence-electron chi connectivity index (χ4n) is 5.62. The molecule has 9 nitrogen and oxygen atoms in total. The number of ether oxygens (including phenoxy) is 3. The summed E-state index contributed by atoms with van der Waals surface area (Å²) in [5.41, 5.74) is 3.71. The van der Waals surface area contributed by atoms with Crippen molar-refractivity contribution < 1.29 is 28.6 Å². The molecule has 0 fully saturated rings. The van der Waals surface area contributed by atoms with Crippen molar-refractivity contribution in [3.63, 3.8) is 0 Å². The van der Waals surface area contributed by atoms with Gasteiger partial charge in [-0.1, -0.05) is 42.5 Å². The van der Waals surface area contributed by atoms with E-state index in [-0.39, 0.29) is 16.7 Å². The van der Waals surface area contributed by atoms with Crippen LogP contribution in [0.25, 0.3) is 65.4 Å². The van der Waals surface area contributed by atoms with Crippen molar-refractivity contribution in [1.82, 2.24) is 15.0 Å². The third-order valence-corrected chi connectivity index (χ3v) is 8.24. The summed E-state index contributed by atoms with van der Waals surface area (Å²) in [5, 5.41) is 3.29. The molecule has 0 aliphatic rings. The quantitative estimate of drug-likeness (QED) is 0.130. The molecule has 266 valence electrons. The summed E-state index contributed by atoms with van der Waals surface area (Å²) in [4.78, 5) is 52.2. The van der Waals surface area contributed by atoms with Gasteiger partial charge in [0.2, 0.25) is 0 Å². The number of esters is 3. The highest BCUT2D eigenvalue weighted by Crippen LogP contribution is 2.20. The van der Waals surface area contributed by atoms with Gasteiger partial charge in [0.05, 0.1) is 49.1 Å². The number of aromatic nitrogens is 3. The van der Waals surface area contributed by atoms with Crippen LogP contribution in [-0.4, -0.2) is 54.2 Å². The minimum absolute atomic E-state index is 0.278. The first kappa shape index (κ1) is 36.1. The Hall–Kier alpha value is -8.24. The number of nitrogens with zero attached hydrogens (tertiary/aromatic N) is 3. The zero-order chi connectivity index (χ0) is 39.0. The molecule has 0 atom stereocenters. The van der Waals surface area contributed by atoms with Crippen LogP contribution in [0.1, 0.15) is 31.1 Å². The van der Waals surface area contributed by atoms with E-state index < -0.39 is 17.9 Å². The third-order valence-electron chi connectivity index (χ3n) is 8.24. The van der Waals surface area contributed by atoms with Crippen molar-refractivity contribution >= 4 is 83.3 Å². The largest absolute Gasteiger partial charge is 0.465 e. The molecule has 7 aromatic rings. The SMILES string of the molecule is COC(=O)c1cc2c#cc3cccc(c#cc4cc(C(=O)OC)cc(c4)c4cccc(n4)c4cc(C(=O)OC)cc(c#cc5cccc(c#cc(c1)c2)n5)c4)n3. The summed E-state index contributed by atoms with van der Waals surface area (Å²) < 4.78 is 15.1. The molecule has 0 radical (unpaired) electrons. The Morgan fingerprint density at radius 3 is 1.07 bits per heavy atom. The molecule has 9 heteroatoms. The van der Waals surface area contributed by atoms with Crippen molar-refractivity contribution in [2.45, 2.75) is 0 Å². The lowest BCUT2D eigenvalue weighted by atomic mass is 10.1. The molecule has 0 saturated heterocycles. The monoisotopic (exact) mass is 729 g/mol. The second kappa shape index (κ2) is 16.2. The highest BCUT2D eigenvalue weighted by atomic mass is 16.5. The molecule has 4 heterocycles. The lowest BCUT2D eigenvalue weighted by molar-refractivity contribution is 0.0592. The van der Waals surface area contributed by atoms with Gasteiger partial charge in [-0.05, 0) is 115 Å². The molecule has 4 aromatic heterocycles. The van der Waals surface area contributed by atoms with Gasteiger partial charge in [-0.2, -0.15) is 0 Å². The normalized spacial score (nSPS) is 10.1. The molecular formula is C47H27N3O6. The number of benzene rings is 3. The standard InChI is InChI=1S/C47H27N3O6/c1-54-45(51)36-24-30-13-17-39-7-4-9-41(48-39)19-15-32-22-34(28-37(26-32)46(52)55-2)43-11-6-12-44(50-43)35-23-33(27-38(29-35)47(53)56-3)16-20-42-10-5-8-40(49-42)18-14-31(21-30)25-36/h4-12,21-29H,1-3H3. The molecule has 0 aliphatic heterocycles. The Kier molecular flexibility index (Phi) is 10.4. The average molecular weight is 730 g/mol. The van der Waals surface area contributed by atoms with Crippen LogP contribution in [0.2, 0.25) is 0 Å². The molecule has 0 amide bonds. The predicted octanol–water partition coefficient (Wildman–Crippen LogP) is 8.49. The van der Waals surface area contributed by atoms with Gasteiger partial charge >= 0.3 is 17.9 Å². The molecule has 12 bridgehead atoms. The number of methoxy groups -OCH3 is 3. The topological polar surface area (TPSA) is 118 Å². The third kappa shape index (κ3) is 8.52. The number of carbonyl (C=O) groups is 3. The summed E-state index contributed by atoms with van der Waals surface area (Å²) >= 11 is 0. The Morgan fingerprint density at radius 2 is 0.714 bits per heavy atom. The first-order valence-electron chi connectivity index (χ1n) is 17.0. The zero-order valence-corrected chi connectivity index (χ0v) is 30.2. The molecule has 0 N–H and O–H groups in total. The van der Waals surface area contributed by atoms with Gasteiger partial charge in [0.15, 0.2) is 0 Å². The van der Waals surface area contributed by atoms with Crippen LogP contribution >= 0.6 is 0 Å². The maximum atomic E-state index is 12.8. The number of pyridine rings is 3. The Morgan fingerprint density at radius 1 is 0.393 bits per heavy atom. The van der Waals surface area contributed by atoms with Gasteiger partial charge < -0.3 is 14.2 Å². The predicted molar refractivity (Wildman–Crippen MR) is 211 cm³/mol. The Balaban J connectivity index is 1.56. The van der Waals surface area contributed by atoms with Gasteiger partial charge in [-0.3, -0.25) is 0 Å². The second-order valence-corrected chi connectivity index (χ2v) is 12.1. The van der Waals surface area contributed by atoms with Crippen molar-refractivity contribution in [1.29, 1.82) is 0 Å². The van der Waals surface area contributed by atoms with E-state index in [2.05, 4.69) is 58.5 Å². The van der Waals surface area contributed by atoms with E-state index in [4.69, 9.17) is 19.2 Å². The van der Waals surface area contributed by atoms with Crippen molar-refractivity contribution in [3.05, 3.63) is 174 Å². The van der Waals surface area contributed by atoms with Gasteiger partial charge in [0.25, 0.3) is 0 Å². The molecule has 0 aliphatic carbocycles. The van der Waals surface area contributed by atoms with Crippen LogP contribution in [0.5, 0.6) is 0 Å². The van der Waals surface area contributed by atoms with E-state index in [9.17, 15) is 14.4 Å². The van der Waals surface area contributed by atoms with Gasteiger partial charge in [0.1, 0.15) is 22.1 Å². The van der Waals surface area contributed by atoms with E-state index in [0.29, 0.717) is 65.4 Å². The van der Waals surface area contributed by atoms with E-state index in [1.54, 1.807) is 78.9 Å². The molecule has 7 rings (SSSR count). The number of hydrogen-bond acceptors (Lipinski definition) is 9. The Bertz CT molecular complexity index is 2780. The number of carbonyl (C=O) groups excluding carboxylic acids is 3. The first-order valence-corrected chi connectivity index (χ1v) is 17.0. The average Bonchev–Trinajstić information content (AvgIpc) is 3.25. The molecular weight excluding hydrogens is 703 g/mol. The second-order valence-electron chi connectivity index (χ2n) is 12.1. The summed E-state index contributed by atoms with van der Waals surface area (Å²) in [6.07, 6.45) is 0. The number of hydrogen-bond donors (Lipinski definition) is 0. The smallest absolute Gasteiger partial charge is 0.337 e. The van der Waals surface area contributed by atoms with Crippen LogP contribution in [0, 0.1) is 48.5 Å². The van der Waals surface area contributed by atoms with Crippen LogP contribution in [-0.2, 0) is 14.2 Å². The zero-order valence-electron chi connectivity index (χ0n) is 30.2. The van der Waals surface area contributed by atoms with E-state index in [1.807, 2.05) is 30.3 Å². The molecule has 0 saturated carbocycles. The van der Waals surface area contributed by atoms with E-state index in [1.165, 1.54) is 21.3 Å². The van der Waals surface area contributed by atoms with Gasteiger partial charge in [-0.25, -0.2) is 29.3 Å². The lowest BCUT2D eigenvalue weighted by Crippen LogP contribution is -2.00. The number of rotatable bonds is 3. The Labute approximate surface area is 321 Å². The highest BCUT2D eigenvalue weighted by molar-refractivity contribution is 5.99. The summed E-state index contributed by atoms with van der Waals surface area (Å²) in [7, 11) is 3.92. The maximum Gasteiger partial charge on any atom is 0.337 e. The molecule has 56 heavy (non-hydrogen) atoms. The fourth-order valence-corrected chi connectivity index (χ4v) is 5.62. The fraction of sp³-hybridized carbons (Fsp3) is 0.0638. The summed E-state index contributed by atoms with van der Waals surface area (Å²) in [6.45, 7) is 0. The van der Waals surface area contributed by atoms with Gasteiger partial charge in [-0.15, -0.1) is 0 Å². The molecule has 0 unspecified atom stereocenters. The molecule has 3 aromatic carbocycles. The van der Waals surface area contributed by atoms with E-state index in [0.717, 1.165) is 0 Å². The minimum Gasteiger partial charge on any atom is -0.465 e. The summed E-state index contributed by atoms with van der Waals surface area (Å²) in [5.74, 6) is -1.62. The van der Waals surface area contributed by atoms with Crippen LogP contribution in [0.15, 0.2) is 109 Å². The van der Waals surface area contributed by atoms with Crippen LogP contribution in [0.3, 0.4) is 0 Å². The van der Waals surface area contributed by atoms with Gasteiger partial charge in [0, 0.05) is 32.3 Å². The first-order chi connectivity index (χ1) is 27.3. The van der Waals surface area contributed by atoms with Crippen molar-refractivity contribution in [2.24, 2.45) is 0 Å². The lowest BCUT2D eigenvalue weighted by Gasteiger charge is -2.02. The van der Waals surface area contributed by atoms with Crippen molar-refractivity contribution in [2.75, 3.05) is 21.3 Å². The van der Waals surface area contributed by atoms with Crippen molar-refractivity contribution in [3.8, 4) is 0 Å². The number of fused-ring (bicyclic) bond motifs is 14. The summed E-state index contributed by atoms with van der Waals surface area (Å²) in [6, 6.07) is 55.9. The minimum atomic E-state index is -0.541. The van der Waals surface area contributed by atoms with Crippen LogP contribution in [0.4, 0.5) is 0 Å².